The van der Waals surface area contributed by atoms with Crippen molar-refractivity contribution >= 4 is 0 Å². The van der Waals surface area contributed by atoms with Gasteiger partial charge in [0.25, 0.3) is 0 Å². The third kappa shape index (κ3) is 7.42. The fourth-order valence-electron chi connectivity index (χ4n) is 1.33. The Bertz CT molecular complexity index is 411. The summed E-state index contributed by atoms with van der Waals surface area (Å²) in [5, 5.41) is 8.61. The number of aliphatic hydroxyl groups is 1. The van der Waals surface area contributed by atoms with Gasteiger partial charge in [0.05, 0.1) is 12.8 Å². The number of methoxy groups -OCH3 is 1. The van der Waals surface area contributed by atoms with Crippen LogP contribution in [0.3, 0.4) is 0 Å². The van der Waals surface area contributed by atoms with Crippen LogP contribution in [-0.2, 0) is 9.47 Å². The summed E-state index contributed by atoms with van der Waals surface area (Å²) in [6.45, 7) is 2.19. The van der Waals surface area contributed by atoms with E-state index in [9.17, 15) is 0 Å². The first-order valence-electron chi connectivity index (χ1n) is 6.11. The first-order valence-corrected chi connectivity index (χ1v) is 6.11. The molecule has 1 N–H and O–H groups in total. The van der Waals surface area contributed by atoms with Crippen LogP contribution in [-0.4, -0.2) is 50.2 Å². The summed E-state index contributed by atoms with van der Waals surface area (Å²) in [5.74, 6) is 5.98. The monoisotopic (exact) mass is 265 g/mol. The Balaban J connectivity index is 2.22. The molecule has 1 aromatic heterocycles. The first-order chi connectivity index (χ1) is 9.36. The summed E-state index contributed by atoms with van der Waals surface area (Å²) < 4.78 is 15.8. The van der Waals surface area contributed by atoms with Gasteiger partial charge in [-0.25, -0.2) is 0 Å². The molecule has 1 rings (SSSR count). The summed E-state index contributed by atoms with van der Waals surface area (Å²) in [7, 11) is 1.67. The molecule has 1 aromatic rings. The van der Waals surface area contributed by atoms with Crippen LogP contribution in [0.25, 0.3) is 0 Å². The Hall–Kier alpha value is -1.61. The molecule has 0 fully saturated rings. The van der Waals surface area contributed by atoms with Gasteiger partial charge in [0, 0.05) is 32.1 Å². The van der Waals surface area contributed by atoms with Crippen molar-refractivity contribution in [1.29, 1.82) is 0 Å². The number of rotatable bonds is 8. The maximum atomic E-state index is 8.61. The Morgan fingerprint density at radius 3 is 2.89 bits per heavy atom. The van der Waals surface area contributed by atoms with Crippen molar-refractivity contribution in [2.75, 3.05) is 40.1 Å². The van der Waals surface area contributed by atoms with Gasteiger partial charge in [-0.2, -0.15) is 0 Å². The molecule has 0 amide bonds. The average Bonchev–Trinajstić information content (AvgIpc) is 2.44. The van der Waals surface area contributed by atoms with Crippen LogP contribution in [0, 0.1) is 11.8 Å². The Labute approximate surface area is 113 Å². The molecule has 0 saturated carbocycles. The molecule has 104 valence electrons. The number of nitrogens with zero attached hydrogens (tertiary/aromatic N) is 1. The fraction of sp³-hybridized carbons (Fsp3) is 0.500. The van der Waals surface area contributed by atoms with Gasteiger partial charge < -0.3 is 19.3 Å². The van der Waals surface area contributed by atoms with E-state index in [-0.39, 0.29) is 6.61 Å². The van der Waals surface area contributed by atoms with E-state index < -0.39 is 0 Å². The Morgan fingerprint density at radius 2 is 2.11 bits per heavy atom. The molecular weight excluding hydrogens is 246 g/mol. The Kier molecular flexibility index (Phi) is 8.39. The maximum Gasteiger partial charge on any atom is 0.138 e. The number of aliphatic hydroxyl groups excluding tert-OH is 1. The third-order valence-corrected chi connectivity index (χ3v) is 2.16. The molecule has 0 aliphatic rings. The second-order valence-corrected chi connectivity index (χ2v) is 3.68. The highest BCUT2D eigenvalue weighted by Gasteiger charge is 1.96. The third-order valence-electron chi connectivity index (χ3n) is 2.16. The van der Waals surface area contributed by atoms with Crippen molar-refractivity contribution in [3.63, 3.8) is 0 Å². The summed E-state index contributed by atoms with van der Waals surface area (Å²) in [4.78, 5) is 4.01. The lowest BCUT2D eigenvalue weighted by Crippen LogP contribution is -2.08. The quantitative estimate of drug-likeness (QED) is 0.558. The van der Waals surface area contributed by atoms with Gasteiger partial charge in [0.2, 0.25) is 0 Å². The second kappa shape index (κ2) is 10.3. The minimum absolute atomic E-state index is 0.166. The van der Waals surface area contributed by atoms with Crippen LogP contribution in [0.4, 0.5) is 0 Å². The largest absolute Gasteiger partial charge is 0.490 e. The molecular formula is C14H19NO4. The standard InChI is InChI=1S/C14H19NO4/c1-17-6-3-7-18-8-9-19-14-10-13(4-2-5-16)11-15-12-14/h10-12,16H,3,5-9H2,1H3. The molecule has 0 radical (unpaired) electrons. The van der Waals surface area contributed by atoms with E-state index in [4.69, 9.17) is 19.3 Å². The molecule has 0 atom stereocenters. The van der Waals surface area contributed by atoms with Crippen LogP contribution in [0.15, 0.2) is 18.5 Å². The van der Waals surface area contributed by atoms with Crippen molar-refractivity contribution in [2.45, 2.75) is 6.42 Å². The molecule has 0 bridgehead atoms. The van der Waals surface area contributed by atoms with E-state index in [1.54, 1.807) is 25.6 Å². The summed E-state index contributed by atoms with van der Waals surface area (Å²) in [6, 6.07) is 1.78. The van der Waals surface area contributed by atoms with Crippen LogP contribution >= 0.6 is 0 Å². The number of ether oxygens (including phenoxy) is 3. The van der Waals surface area contributed by atoms with Crippen molar-refractivity contribution in [1.82, 2.24) is 4.98 Å². The molecule has 0 saturated heterocycles. The lowest BCUT2D eigenvalue weighted by Gasteiger charge is -2.06. The average molecular weight is 265 g/mol. The molecule has 0 spiro atoms. The molecule has 5 heteroatoms. The number of hydrogen-bond donors (Lipinski definition) is 1. The van der Waals surface area contributed by atoms with E-state index in [0.29, 0.717) is 37.7 Å². The number of hydrogen-bond acceptors (Lipinski definition) is 5. The zero-order valence-electron chi connectivity index (χ0n) is 11.1. The maximum absolute atomic E-state index is 8.61. The first kappa shape index (κ1) is 15.4. The molecule has 0 aromatic carbocycles. The minimum Gasteiger partial charge on any atom is -0.490 e. The predicted molar refractivity (Wildman–Crippen MR) is 71.0 cm³/mol. The zero-order valence-corrected chi connectivity index (χ0v) is 11.1. The van der Waals surface area contributed by atoms with Crippen molar-refractivity contribution in [3.8, 4) is 17.6 Å². The van der Waals surface area contributed by atoms with Crippen LogP contribution < -0.4 is 4.74 Å². The zero-order chi connectivity index (χ0) is 13.8. The van der Waals surface area contributed by atoms with Crippen molar-refractivity contribution in [3.05, 3.63) is 24.0 Å². The summed E-state index contributed by atoms with van der Waals surface area (Å²) >= 11 is 0. The smallest absolute Gasteiger partial charge is 0.138 e. The van der Waals surface area contributed by atoms with Gasteiger partial charge in [-0.15, -0.1) is 0 Å². The van der Waals surface area contributed by atoms with Gasteiger partial charge in [-0.1, -0.05) is 11.8 Å². The normalized spacial score (nSPS) is 9.79. The fourth-order valence-corrected chi connectivity index (χ4v) is 1.33. The summed E-state index contributed by atoms with van der Waals surface area (Å²) in [5.41, 5.74) is 0.715. The predicted octanol–water partition coefficient (Wildman–Crippen LogP) is 0.857. The second-order valence-electron chi connectivity index (χ2n) is 3.68. The lowest BCUT2D eigenvalue weighted by atomic mass is 10.3. The van der Waals surface area contributed by atoms with Gasteiger partial charge in [-0.05, 0) is 12.5 Å². The number of pyridine rings is 1. The SMILES string of the molecule is COCCCOCCOc1cncc(C#CCO)c1. The highest BCUT2D eigenvalue weighted by Crippen LogP contribution is 2.10. The van der Waals surface area contributed by atoms with Gasteiger partial charge in [0.1, 0.15) is 19.0 Å². The highest BCUT2D eigenvalue weighted by molar-refractivity contribution is 5.36. The highest BCUT2D eigenvalue weighted by atomic mass is 16.5. The summed E-state index contributed by atoms with van der Waals surface area (Å²) in [6.07, 6.45) is 4.12. The van der Waals surface area contributed by atoms with Crippen LogP contribution in [0.2, 0.25) is 0 Å². The van der Waals surface area contributed by atoms with E-state index in [0.717, 1.165) is 6.42 Å². The number of aromatic nitrogens is 1. The topological polar surface area (TPSA) is 60.8 Å². The molecule has 5 nitrogen and oxygen atoms in total. The van der Waals surface area contributed by atoms with Gasteiger partial charge in [-0.3, -0.25) is 4.98 Å². The molecule has 0 aliphatic heterocycles. The van der Waals surface area contributed by atoms with Crippen molar-refractivity contribution < 1.29 is 19.3 Å². The van der Waals surface area contributed by atoms with Crippen molar-refractivity contribution in [2.24, 2.45) is 0 Å². The molecule has 0 aliphatic carbocycles. The molecule has 19 heavy (non-hydrogen) atoms. The molecule has 1 heterocycles. The van der Waals surface area contributed by atoms with E-state index in [1.165, 1.54) is 0 Å². The molecule has 0 unspecified atom stereocenters. The van der Waals surface area contributed by atoms with Gasteiger partial charge >= 0.3 is 0 Å². The lowest BCUT2D eigenvalue weighted by molar-refractivity contribution is 0.0805. The van der Waals surface area contributed by atoms with E-state index in [1.807, 2.05) is 0 Å². The van der Waals surface area contributed by atoms with E-state index >= 15 is 0 Å². The van der Waals surface area contributed by atoms with Crippen LogP contribution in [0.5, 0.6) is 5.75 Å². The van der Waals surface area contributed by atoms with Gasteiger partial charge in [0.15, 0.2) is 0 Å². The van der Waals surface area contributed by atoms with Crippen LogP contribution in [0.1, 0.15) is 12.0 Å². The Morgan fingerprint density at radius 1 is 1.21 bits per heavy atom. The minimum atomic E-state index is -0.166. The van der Waals surface area contributed by atoms with E-state index in [2.05, 4.69) is 16.8 Å².